The zero-order chi connectivity index (χ0) is 18.5. The van der Waals surface area contributed by atoms with E-state index in [4.69, 9.17) is 5.73 Å². The Hall–Kier alpha value is -3.17. The van der Waals surface area contributed by atoms with Crippen LogP contribution in [-0.2, 0) is 12.0 Å². The molecule has 0 fully saturated rings. The van der Waals surface area contributed by atoms with Crippen molar-refractivity contribution in [3.05, 3.63) is 126 Å². The van der Waals surface area contributed by atoms with Gasteiger partial charge in [-0.3, -0.25) is 0 Å². The van der Waals surface area contributed by atoms with Gasteiger partial charge in [0.15, 0.2) is 0 Å². The van der Waals surface area contributed by atoms with Crippen LogP contribution in [0.3, 0.4) is 0 Å². The molecule has 134 valence electrons. The monoisotopic (exact) mass is 353 g/mol. The molecule has 0 amide bonds. The number of benzene rings is 3. The van der Waals surface area contributed by atoms with Crippen LogP contribution >= 0.6 is 0 Å². The lowest BCUT2D eigenvalue weighted by Gasteiger charge is -2.38. The van der Waals surface area contributed by atoms with Gasteiger partial charge < -0.3 is 10.3 Å². The quantitative estimate of drug-likeness (QED) is 0.527. The average Bonchev–Trinajstić information content (AvgIpc) is 3.20. The molecule has 0 saturated heterocycles. The molecule has 27 heavy (non-hydrogen) atoms. The summed E-state index contributed by atoms with van der Waals surface area (Å²) in [5, 5.41) is 0. The fourth-order valence-electron chi connectivity index (χ4n) is 3.91. The van der Waals surface area contributed by atoms with E-state index in [1.54, 1.807) is 0 Å². The van der Waals surface area contributed by atoms with Crippen molar-refractivity contribution in [2.24, 2.45) is 5.73 Å². The fraction of sp³-hybridized carbons (Fsp3) is 0.125. The first-order valence-corrected chi connectivity index (χ1v) is 9.26. The SMILES string of the molecule is NCCc1nccn1C(c1ccccc1)(c1ccccc1)c1ccccc1. The van der Waals surface area contributed by atoms with E-state index in [2.05, 4.69) is 107 Å². The molecule has 0 saturated carbocycles. The second-order valence-electron chi connectivity index (χ2n) is 6.56. The first kappa shape index (κ1) is 17.3. The van der Waals surface area contributed by atoms with E-state index in [0.717, 1.165) is 12.2 Å². The number of aromatic nitrogens is 2. The van der Waals surface area contributed by atoms with Gasteiger partial charge in [0.25, 0.3) is 0 Å². The Labute approximate surface area is 160 Å². The number of hydrogen-bond acceptors (Lipinski definition) is 2. The predicted octanol–water partition coefficient (Wildman–Crippen LogP) is 4.22. The molecule has 4 aromatic rings. The molecule has 3 heteroatoms. The molecule has 0 aliphatic carbocycles. The summed E-state index contributed by atoms with van der Waals surface area (Å²) in [6.45, 7) is 0.561. The van der Waals surface area contributed by atoms with E-state index in [-0.39, 0.29) is 0 Å². The first-order chi connectivity index (χ1) is 13.4. The summed E-state index contributed by atoms with van der Waals surface area (Å²) in [6, 6.07) is 31.8. The Morgan fingerprint density at radius 1 is 0.704 bits per heavy atom. The molecule has 3 aromatic carbocycles. The highest BCUT2D eigenvalue weighted by Crippen LogP contribution is 2.41. The summed E-state index contributed by atoms with van der Waals surface area (Å²) in [4.78, 5) is 4.63. The minimum absolute atomic E-state index is 0.509. The lowest BCUT2D eigenvalue weighted by atomic mass is 9.76. The second-order valence-corrected chi connectivity index (χ2v) is 6.56. The third-order valence-corrected chi connectivity index (χ3v) is 5.02. The predicted molar refractivity (Wildman–Crippen MR) is 110 cm³/mol. The molecule has 1 heterocycles. The molecule has 0 bridgehead atoms. The standard InChI is InChI=1S/C24H23N3/c25-17-16-23-26-18-19-27(23)24(20-10-4-1-5-11-20,21-12-6-2-7-13-21)22-14-8-3-9-15-22/h1-15,18-19H,16-17,25H2. The van der Waals surface area contributed by atoms with E-state index >= 15 is 0 Å². The van der Waals surface area contributed by atoms with Gasteiger partial charge in [-0.05, 0) is 23.2 Å². The van der Waals surface area contributed by atoms with Crippen molar-refractivity contribution >= 4 is 0 Å². The van der Waals surface area contributed by atoms with Crippen LogP contribution in [-0.4, -0.2) is 16.1 Å². The maximum Gasteiger partial charge on any atom is 0.121 e. The Kier molecular flexibility index (Phi) is 4.86. The van der Waals surface area contributed by atoms with Crippen molar-refractivity contribution in [1.29, 1.82) is 0 Å². The summed E-state index contributed by atoms with van der Waals surface area (Å²) < 4.78 is 2.28. The fourth-order valence-corrected chi connectivity index (χ4v) is 3.91. The molecule has 2 N–H and O–H groups in total. The zero-order valence-corrected chi connectivity index (χ0v) is 15.2. The highest BCUT2D eigenvalue weighted by atomic mass is 15.1. The van der Waals surface area contributed by atoms with Crippen LogP contribution in [0.2, 0.25) is 0 Å². The molecule has 0 aliphatic heterocycles. The number of imidazole rings is 1. The zero-order valence-electron chi connectivity index (χ0n) is 15.2. The Morgan fingerprint density at radius 2 is 1.15 bits per heavy atom. The summed E-state index contributed by atoms with van der Waals surface area (Å²) >= 11 is 0. The minimum atomic E-state index is -0.509. The maximum absolute atomic E-state index is 5.89. The lowest BCUT2D eigenvalue weighted by molar-refractivity contribution is 0.492. The van der Waals surface area contributed by atoms with Gasteiger partial charge in [0.05, 0.1) is 0 Å². The average molecular weight is 353 g/mol. The van der Waals surface area contributed by atoms with Crippen molar-refractivity contribution in [2.75, 3.05) is 6.54 Å². The van der Waals surface area contributed by atoms with Gasteiger partial charge in [0, 0.05) is 18.8 Å². The van der Waals surface area contributed by atoms with Crippen LogP contribution in [0.4, 0.5) is 0 Å². The Morgan fingerprint density at radius 3 is 1.56 bits per heavy atom. The Bertz CT molecular complexity index is 879. The van der Waals surface area contributed by atoms with E-state index in [0.29, 0.717) is 6.54 Å². The van der Waals surface area contributed by atoms with E-state index in [1.807, 2.05) is 6.20 Å². The van der Waals surface area contributed by atoms with Crippen LogP contribution in [0, 0.1) is 0 Å². The number of rotatable bonds is 6. The molecular formula is C24H23N3. The molecular weight excluding hydrogens is 330 g/mol. The van der Waals surface area contributed by atoms with Crippen molar-refractivity contribution in [1.82, 2.24) is 9.55 Å². The largest absolute Gasteiger partial charge is 0.330 e. The van der Waals surface area contributed by atoms with Crippen LogP contribution in [0.5, 0.6) is 0 Å². The van der Waals surface area contributed by atoms with Gasteiger partial charge in [0.2, 0.25) is 0 Å². The number of hydrogen-bond donors (Lipinski definition) is 1. The van der Waals surface area contributed by atoms with E-state index < -0.39 is 5.54 Å². The van der Waals surface area contributed by atoms with Crippen LogP contribution in [0.15, 0.2) is 103 Å². The first-order valence-electron chi connectivity index (χ1n) is 9.26. The van der Waals surface area contributed by atoms with Gasteiger partial charge in [-0.2, -0.15) is 0 Å². The van der Waals surface area contributed by atoms with Crippen LogP contribution in [0.25, 0.3) is 0 Å². The van der Waals surface area contributed by atoms with E-state index in [9.17, 15) is 0 Å². The van der Waals surface area contributed by atoms with Crippen molar-refractivity contribution in [3.8, 4) is 0 Å². The number of nitrogens with zero attached hydrogens (tertiary/aromatic N) is 2. The third kappa shape index (κ3) is 2.96. The molecule has 3 nitrogen and oxygen atoms in total. The normalized spacial score (nSPS) is 11.4. The molecule has 1 aromatic heterocycles. The molecule has 0 unspecified atom stereocenters. The van der Waals surface area contributed by atoms with Gasteiger partial charge in [-0.15, -0.1) is 0 Å². The highest BCUT2D eigenvalue weighted by Gasteiger charge is 2.39. The molecule has 4 rings (SSSR count). The minimum Gasteiger partial charge on any atom is -0.330 e. The molecule has 0 atom stereocenters. The van der Waals surface area contributed by atoms with Gasteiger partial charge in [0.1, 0.15) is 11.4 Å². The van der Waals surface area contributed by atoms with Gasteiger partial charge in [-0.1, -0.05) is 91.0 Å². The third-order valence-electron chi connectivity index (χ3n) is 5.02. The summed E-state index contributed by atoms with van der Waals surface area (Å²) in [5.41, 5.74) is 8.97. The van der Waals surface area contributed by atoms with Gasteiger partial charge >= 0.3 is 0 Å². The van der Waals surface area contributed by atoms with Gasteiger partial charge in [-0.25, -0.2) is 4.98 Å². The van der Waals surface area contributed by atoms with Crippen molar-refractivity contribution in [3.63, 3.8) is 0 Å². The molecule has 0 radical (unpaired) electrons. The molecule has 0 spiro atoms. The van der Waals surface area contributed by atoms with Crippen molar-refractivity contribution in [2.45, 2.75) is 12.0 Å². The maximum atomic E-state index is 5.89. The topological polar surface area (TPSA) is 43.8 Å². The Balaban J connectivity index is 2.12. The van der Waals surface area contributed by atoms with Crippen molar-refractivity contribution < 1.29 is 0 Å². The summed E-state index contributed by atoms with van der Waals surface area (Å²) in [6.07, 6.45) is 4.66. The second kappa shape index (κ2) is 7.60. The highest BCUT2D eigenvalue weighted by molar-refractivity contribution is 5.51. The lowest BCUT2D eigenvalue weighted by Crippen LogP contribution is -2.38. The molecule has 0 aliphatic rings. The smallest absolute Gasteiger partial charge is 0.121 e. The van der Waals surface area contributed by atoms with Crippen LogP contribution < -0.4 is 5.73 Å². The summed E-state index contributed by atoms with van der Waals surface area (Å²) in [7, 11) is 0. The number of nitrogens with two attached hydrogens (primary N) is 1. The summed E-state index contributed by atoms with van der Waals surface area (Å²) in [5.74, 6) is 0.981. The van der Waals surface area contributed by atoms with Crippen LogP contribution in [0.1, 0.15) is 22.5 Å². The van der Waals surface area contributed by atoms with E-state index in [1.165, 1.54) is 16.7 Å².